The summed E-state index contributed by atoms with van der Waals surface area (Å²) < 4.78 is 9.62. The maximum Gasteiger partial charge on any atom is 0.270 e. The SMILES string of the molecule is CCOc1ccc([C@@H](C(=O)NC2CCCC2)N(CCc2ccccc2C)C(=O)c2snc(C(N)=O)c2N)cc1. The largest absolute Gasteiger partial charge is 0.494 e. The van der Waals surface area contributed by atoms with Gasteiger partial charge < -0.3 is 26.4 Å². The van der Waals surface area contributed by atoms with Crippen molar-refractivity contribution in [3.63, 3.8) is 0 Å². The molecule has 1 fully saturated rings. The third kappa shape index (κ3) is 6.57. The molecular weight excluding hydrogens is 514 g/mol. The Morgan fingerprint density at radius 2 is 1.82 bits per heavy atom. The summed E-state index contributed by atoms with van der Waals surface area (Å²) in [6.07, 6.45) is 4.44. The van der Waals surface area contributed by atoms with E-state index in [1.807, 2.05) is 50.2 Å². The van der Waals surface area contributed by atoms with Crippen LogP contribution in [0.15, 0.2) is 48.5 Å². The van der Waals surface area contributed by atoms with Gasteiger partial charge in [0.25, 0.3) is 11.8 Å². The third-order valence-electron chi connectivity index (χ3n) is 7.07. The zero-order valence-corrected chi connectivity index (χ0v) is 23.1. The number of nitrogens with zero attached hydrogens (tertiary/aromatic N) is 2. The fraction of sp³-hybridized carbons (Fsp3) is 0.379. The van der Waals surface area contributed by atoms with Crippen molar-refractivity contribution in [1.29, 1.82) is 0 Å². The summed E-state index contributed by atoms with van der Waals surface area (Å²) >= 11 is 0.813. The first-order chi connectivity index (χ1) is 18.8. The van der Waals surface area contributed by atoms with Gasteiger partial charge in [-0.05, 0) is 73.5 Å². The van der Waals surface area contributed by atoms with Crippen LogP contribution >= 0.6 is 11.5 Å². The van der Waals surface area contributed by atoms with Crippen LogP contribution < -0.4 is 21.5 Å². The molecule has 0 aliphatic heterocycles. The first-order valence-electron chi connectivity index (χ1n) is 13.2. The molecule has 10 heteroatoms. The van der Waals surface area contributed by atoms with E-state index in [0.29, 0.717) is 24.3 Å². The Bertz CT molecular complexity index is 1320. The van der Waals surface area contributed by atoms with Crippen LogP contribution in [-0.2, 0) is 11.2 Å². The topological polar surface area (TPSA) is 141 Å². The van der Waals surface area contributed by atoms with Crippen LogP contribution in [-0.4, -0.2) is 46.2 Å². The van der Waals surface area contributed by atoms with E-state index in [1.165, 1.54) is 4.90 Å². The van der Waals surface area contributed by atoms with Crippen LogP contribution in [0.2, 0.25) is 0 Å². The summed E-state index contributed by atoms with van der Waals surface area (Å²) in [7, 11) is 0. The highest BCUT2D eigenvalue weighted by Crippen LogP contribution is 2.31. The Kier molecular flexibility index (Phi) is 9.19. The zero-order valence-electron chi connectivity index (χ0n) is 22.3. The Morgan fingerprint density at radius 1 is 1.13 bits per heavy atom. The van der Waals surface area contributed by atoms with Crippen LogP contribution in [0.1, 0.15) is 75.5 Å². The lowest BCUT2D eigenvalue weighted by Gasteiger charge is -2.32. The van der Waals surface area contributed by atoms with Gasteiger partial charge >= 0.3 is 0 Å². The minimum absolute atomic E-state index is 0.0611. The minimum atomic E-state index is -0.934. The van der Waals surface area contributed by atoms with Crippen LogP contribution in [0, 0.1) is 6.92 Å². The van der Waals surface area contributed by atoms with E-state index in [0.717, 1.165) is 48.3 Å². The van der Waals surface area contributed by atoms with E-state index >= 15 is 0 Å². The molecule has 1 aliphatic carbocycles. The summed E-state index contributed by atoms with van der Waals surface area (Å²) in [6.45, 7) is 4.66. The molecule has 0 spiro atoms. The number of nitrogens with two attached hydrogens (primary N) is 2. The van der Waals surface area contributed by atoms with Gasteiger partial charge in [0.05, 0.1) is 12.3 Å². The quantitative estimate of drug-likeness (QED) is 0.330. The Labute approximate surface area is 232 Å². The number of primary amides is 1. The van der Waals surface area contributed by atoms with Gasteiger partial charge in [-0.15, -0.1) is 0 Å². The number of amides is 3. The van der Waals surface area contributed by atoms with Crippen LogP contribution in [0.3, 0.4) is 0 Å². The van der Waals surface area contributed by atoms with Crippen LogP contribution in [0.4, 0.5) is 5.69 Å². The number of aromatic nitrogens is 1. The first kappa shape index (κ1) is 28.1. The van der Waals surface area contributed by atoms with Crippen molar-refractivity contribution in [2.75, 3.05) is 18.9 Å². The highest BCUT2D eigenvalue weighted by Gasteiger charge is 2.35. The van der Waals surface area contributed by atoms with Crippen molar-refractivity contribution >= 4 is 34.9 Å². The van der Waals surface area contributed by atoms with E-state index in [2.05, 4.69) is 9.69 Å². The Hall–Kier alpha value is -3.92. The maximum absolute atomic E-state index is 14.1. The second kappa shape index (κ2) is 12.8. The second-order valence-corrected chi connectivity index (χ2v) is 10.5. The van der Waals surface area contributed by atoms with Crippen LogP contribution in [0.25, 0.3) is 0 Å². The Morgan fingerprint density at radius 3 is 2.44 bits per heavy atom. The number of nitrogens with one attached hydrogen (secondary N) is 1. The maximum atomic E-state index is 14.1. The van der Waals surface area contributed by atoms with Gasteiger partial charge in [0, 0.05) is 12.6 Å². The predicted octanol–water partition coefficient (Wildman–Crippen LogP) is 4.02. The lowest BCUT2D eigenvalue weighted by Crippen LogP contribution is -2.46. The summed E-state index contributed by atoms with van der Waals surface area (Å²) in [5.41, 5.74) is 14.1. The molecule has 0 saturated heterocycles. The fourth-order valence-corrected chi connectivity index (χ4v) is 5.74. The molecule has 1 aliphatic rings. The minimum Gasteiger partial charge on any atom is -0.494 e. The van der Waals surface area contributed by atoms with Gasteiger partial charge in [-0.25, -0.2) is 0 Å². The number of aryl methyl sites for hydroxylation is 1. The molecule has 0 radical (unpaired) electrons. The number of ether oxygens (including phenoxy) is 1. The third-order valence-corrected chi connectivity index (χ3v) is 7.92. The first-order valence-corrected chi connectivity index (χ1v) is 14.0. The number of nitrogen functional groups attached to an aromatic ring is 1. The molecule has 9 nitrogen and oxygen atoms in total. The molecule has 0 unspecified atom stereocenters. The number of carbonyl (C=O) groups excluding carboxylic acids is 3. The lowest BCUT2D eigenvalue weighted by molar-refractivity contribution is -0.126. The molecular formula is C29H35N5O4S. The highest BCUT2D eigenvalue weighted by molar-refractivity contribution is 7.09. The number of carbonyl (C=O) groups is 3. The number of benzene rings is 2. The standard InChI is InChI=1S/C29H35N5O4S/c1-3-38-22-14-12-20(13-15-22)25(28(36)32-21-10-6-7-11-21)34(17-16-19-9-5-4-8-18(19)2)29(37)26-23(30)24(27(31)35)33-39-26/h4-5,8-9,12-15,21,25H,3,6-7,10-11,16-17,30H2,1-2H3,(H2,31,35)(H,32,36)/t25-/m0/s1. The second-order valence-electron chi connectivity index (χ2n) is 9.71. The Balaban J connectivity index is 1.75. The number of hydrogen-bond acceptors (Lipinski definition) is 7. The van der Waals surface area contributed by atoms with E-state index in [9.17, 15) is 14.4 Å². The van der Waals surface area contributed by atoms with Crippen molar-refractivity contribution in [1.82, 2.24) is 14.6 Å². The summed E-state index contributed by atoms with van der Waals surface area (Å²) in [4.78, 5) is 41.4. The van der Waals surface area contributed by atoms with Crippen molar-refractivity contribution in [2.24, 2.45) is 5.73 Å². The molecule has 4 rings (SSSR count). The van der Waals surface area contributed by atoms with Gasteiger partial charge in [-0.1, -0.05) is 49.2 Å². The highest BCUT2D eigenvalue weighted by atomic mass is 32.1. The van der Waals surface area contributed by atoms with Gasteiger partial charge in [0.2, 0.25) is 5.91 Å². The summed E-state index contributed by atoms with van der Waals surface area (Å²) in [5, 5.41) is 3.17. The summed E-state index contributed by atoms with van der Waals surface area (Å²) in [5.74, 6) is -0.878. The molecule has 1 heterocycles. The molecule has 5 N–H and O–H groups in total. The fourth-order valence-electron chi connectivity index (χ4n) is 4.98. The predicted molar refractivity (Wildman–Crippen MR) is 152 cm³/mol. The van der Waals surface area contributed by atoms with E-state index < -0.39 is 17.9 Å². The van der Waals surface area contributed by atoms with Gasteiger partial charge in [0.15, 0.2) is 5.69 Å². The number of anilines is 1. The molecule has 206 valence electrons. The van der Waals surface area contributed by atoms with Crippen molar-refractivity contribution in [3.05, 3.63) is 75.8 Å². The molecule has 39 heavy (non-hydrogen) atoms. The van der Waals surface area contributed by atoms with Gasteiger partial charge in [0.1, 0.15) is 16.7 Å². The monoisotopic (exact) mass is 549 g/mol. The normalized spacial score (nSPS) is 14.1. The van der Waals surface area contributed by atoms with Crippen molar-refractivity contribution in [2.45, 2.75) is 58.0 Å². The summed E-state index contributed by atoms with van der Waals surface area (Å²) in [6, 6.07) is 14.3. The molecule has 3 aromatic rings. The van der Waals surface area contributed by atoms with Crippen LogP contribution in [0.5, 0.6) is 5.75 Å². The smallest absolute Gasteiger partial charge is 0.270 e. The number of hydrogen-bond donors (Lipinski definition) is 3. The average Bonchev–Trinajstić information content (AvgIpc) is 3.57. The van der Waals surface area contributed by atoms with E-state index in [1.54, 1.807) is 12.1 Å². The average molecular weight is 550 g/mol. The molecule has 2 aromatic carbocycles. The van der Waals surface area contributed by atoms with E-state index in [-0.39, 0.29) is 34.8 Å². The molecule has 1 aromatic heterocycles. The van der Waals surface area contributed by atoms with Gasteiger partial charge in [-0.2, -0.15) is 4.37 Å². The molecule has 1 atom stereocenters. The van der Waals surface area contributed by atoms with E-state index in [4.69, 9.17) is 16.2 Å². The molecule has 3 amide bonds. The van der Waals surface area contributed by atoms with Gasteiger partial charge in [-0.3, -0.25) is 14.4 Å². The van der Waals surface area contributed by atoms with Crippen molar-refractivity contribution in [3.8, 4) is 5.75 Å². The van der Waals surface area contributed by atoms with Crippen molar-refractivity contribution < 1.29 is 19.1 Å². The molecule has 0 bridgehead atoms. The number of rotatable bonds is 11. The lowest BCUT2D eigenvalue weighted by atomic mass is 10.0. The zero-order chi connectivity index (χ0) is 27.9. The molecule has 1 saturated carbocycles.